The Morgan fingerprint density at radius 3 is 2.68 bits per heavy atom. The monoisotopic (exact) mass is 434 g/mol. The first-order chi connectivity index (χ1) is 15.0. The number of nitrogens with one attached hydrogen (secondary N) is 1. The number of anilines is 1. The SMILES string of the molecule is COc1ccc(C=C2SC(=O)N(CC(=O)Nc3cccc4ccccc34)C2=O)cc1O. The summed E-state index contributed by atoms with van der Waals surface area (Å²) in [4.78, 5) is 38.6. The Balaban J connectivity index is 1.49. The van der Waals surface area contributed by atoms with E-state index in [9.17, 15) is 19.5 Å². The highest BCUT2D eigenvalue weighted by Crippen LogP contribution is 2.34. The van der Waals surface area contributed by atoms with E-state index >= 15 is 0 Å². The van der Waals surface area contributed by atoms with Crippen molar-refractivity contribution >= 4 is 51.4 Å². The highest BCUT2D eigenvalue weighted by molar-refractivity contribution is 8.18. The number of carbonyl (C=O) groups excluding carboxylic acids is 3. The lowest BCUT2D eigenvalue weighted by Crippen LogP contribution is -2.36. The first-order valence-corrected chi connectivity index (χ1v) is 10.2. The molecule has 4 rings (SSSR count). The van der Waals surface area contributed by atoms with E-state index in [4.69, 9.17) is 4.74 Å². The van der Waals surface area contributed by atoms with Crippen molar-refractivity contribution in [2.75, 3.05) is 19.0 Å². The molecule has 1 aliphatic heterocycles. The first-order valence-electron chi connectivity index (χ1n) is 9.36. The number of nitrogens with zero attached hydrogens (tertiary/aromatic N) is 1. The lowest BCUT2D eigenvalue weighted by molar-refractivity contribution is -0.127. The fourth-order valence-electron chi connectivity index (χ4n) is 3.25. The molecule has 1 fully saturated rings. The zero-order valence-electron chi connectivity index (χ0n) is 16.5. The Labute approximate surface area is 182 Å². The molecule has 3 aromatic carbocycles. The quantitative estimate of drug-likeness (QED) is 0.584. The molecule has 7 nitrogen and oxygen atoms in total. The molecule has 0 atom stereocenters. The number of thioether (sulfide) groups is 1. The number of phenolic OH excluding ortho intramolecular Hbond substituents is 1. The number of amides is 3. The van der Waals surface area contributed by atoms with Crippen LogP contribution in [0.5, 0.6) is 11.5 Å². The van der Waals surface area contributed by atoms with Gasteiger partial charge in [-0.05, 0) is 47.0 Å². The molecule has 3 amide bonds. The maximum Gasteiger partial charge on any atom is 0.294 e. The Kier molecular flexibility index (Phi) is 5.64. The van der Waals surface area contributed by atoms with Gasteiger partial charge in [-0.3, -0.25) is 19.3 Å². The van der Waals surface area contributed by atoms with Gasteiger partial charge in [0.05, 0.1) is 12.0 Å². The zero-order chi connectivity index (χ0) is 22.0. The van der Waals surface area contributed by atoms with Crippen molar-refractivity contribution in [1.29, 1.82) is 0 Å². The Morgan fingerprint density at radius 2 is 1.90 bits per heavy atom. The summed E-state index contributed by atoms with van der Waals surface area (Å²) in [6, 6.07) is 17.8. The molecule has 0 unspecified atom stereocenters. The van der Waals surface area contributed by atoms with Gasteiger partial charge in [0.1, 0.15) is 6.54 Å². The third kappa shape index (κ3) is 4.24. The average molecular weight is 434 g/mol. The average Bonchev–Trinajstić information content (AvgIpc) is 3.01. The Bertz CT molecular complexity index is 1230. The second-order valence-electron chi connectivity index (χ2n) is 6.77. The van der Waals surface area contributed by atoms with Crippen LogP contribution in [0.25, 0.3) is 16.8 Å². The predicted molar refractivity (Wildman–Crippen MR) is 120 cm³/mol. The van der Waals surface area contributed by atoms with Crippen molar-refractivity contribution in [3.8, 4) is 11.5 Å². The van der Waals surface area contributed by atoms with Crippen LogP contribution in [0.3, 0.4) is 0 Å². The number of benzene rings is 3. The molecule has 0 spiro atoms. The van der Waals surface area contributed by atoms with Gasteiger partial charge in [-0.25, -0.2) is 0 Å². The summed E-state index contributed by atoms with van der Waals surface area (Å²) in [5, 5.41) is 14.0. The summed E-state index contributed by atoms with van der Waals surface area (Å²) in [6.07, 6.45) is 1.49. The van der Waals surface area contributed by atoms with Crippen LogP contribution in [-0.4, -0.2) is 40.7 Å². The van der Waals surface area contributed by atoms with Crippen LogP contribution < -0.4 is 10.1 Å². The van der Waals surface area contributed by atoms with Gasteiger partial charge in [0, 0.05) is 11.1 Å². The minimum atomic E-state index is -0.557. The van der Waals surface area contributed by atoms with E-state index in [1.807, 2.05) is 36.4 Å². The highest BCUT2D eigenvalue weighted by Gasteiger charge is 2.36. The number of rotatable bonds is 5. The van der Waals surface area contributed by atoms with Crippen LogP contribution in [0.1, 0.15) is 5.56 Å². The topological polar surface area (TPSA) is 95.9 Å². The van der Waals surface area contributed by atoms with Gasteiger partial charge in [0.15, 0.2) is 11.5 Å². The number of carbonyl (C=O) groups is 3. The molecule has 156 valence electrons. The minimum absolute atomic E-state index is 0.0788. The number of methoxy groups -OCH3 is 1. The van der Waals surface area contributed by atoms with Gasteiger partial charge in [-0.1, -0.05) is 42.5 Å². The number of hydrogen-bond acceptors (Lipinski definition) is 6. The van der Waals surface area contributed by atoms with Gasteiger partial charge < -0.3 is 15.2 Å². The molecule has 0 bridgehead atoms. The zero-order valence-corrected chi connectivity index (χ0v) is 17.3. The molecule has 31 heavy (non-hydrogen) atoms. The second kappa shape index (κ2) is 8.53. The highest BCUT2D eigenvalue weighted by atomic mass is 32.2. The fraction of sp³-hybridized carbons (Fsp3) is 0.0870. The lowest BCUT2D eigenvalue weighted by atomic mass is 10.1. The number of imide groups is 1. The molecule has 3 aromatic rings. The molecule has 1 heterocycles. The predicted octanol–water partition coefficient (Wildman–Crippen LogP) is 4.23. The first kappa shape index (κ1) is 20.5. The molecule has 1 saturated heterocycles. The maximum absolute atomic E-state index is 12.7. The summed E-state index contributed by atoms with van der Waals surface area (Å²) in [7, 11) is 1.43. The molecule has 0 aromatic heterocycles. The standard InChI is InChI=1S/C23H18N2O5S/c1-30-19-10-9-14(11-18(19)26)12-20-22(28)25(23(29)31-20)13-21(27)24-17-8-4-6-15-5-2-3-7-16(15)17/h2-12,26H,13H2,1H3,(H,24,27). The van der Waals surface area contributed by atoms with Gasteiger partial charge in [-0.2, -0.15) is 0 Å². The van der Waals surface area contributed by atoms with E-state index in [-0.39, 0.29) is 17.2 Å². The summed E-state index contributed by atoms with van der Waals surface area (Å²) >= 11 is 0.749. The molecule has 0 saturated carbocycles. The van der Waals surface area contributed by atoms with E-state index in [0.29, 0.717) is 17.0 Å². The van der Waals surface area contributed by atoms with E-state index in [1.54, 1.807) is 18.2 Å². The molecule has 8 heteroatoms. The molecule has 2 N–H and O–H groups in total. The third-order valence-electron chi connectivity index (χ3n) is 4.74. The van der Waals surface area contributed by atoms with E-state index in [1.165, 1.54) is 19.3 Å². The Hall–Kier alpha value is -3.78. The van der Waals surface area contributed by atoms with Crippen molar-refractivity contribution in [1.82, 2.24) is 4.90 Å². The third-order valence-corrected chi connectivity index (χ3v) is 5.65. The van der Waals surface area contributed by atoms with Crippen LogP contribution in [0.4, 0.5) is 10.5 Å². The number of hydrogen-bond donors (Lipinski definition) is 2. The van der Waals surface area contributed by atoms with Crippen LogP contribution in [0.15, 0.2) is 65.6 Å². The van der Waals surface area contributed by atoms with Crippen molar-refractivity contribution < 1.29 is 24.2 Å². The summed E-state index contributed by atoms with van der Waals surface area (Å²) < 4.78 is 4.99. The van der Waals surface area contributed by atoms with E-state index in [2.05, 4.69) is 5.32 Å². The number of fused-ring (bicyclic) bond motifs is 1. The summed E-state index contributed by atoms with van der Waals surface area (Å²) in [6.45, 7) is -0.390. The van der Waals surface area contributed by atoms with Crippen LogP contribution >= 0.6 is 11.8 Å². The van der Waals surface area contributed by atoms with E-state index < -0.39 is 17.1 Å². The second-order valence-corrected chi connectivity index (χ2v) is 7.77. The van der Waals surface area contributed by atoms with Crippen LogP contribution in [0, 0.1) is 0 Å². The molecule has 1 aliphatic rings. The molecule has 0 radical (unpaired) electrons. The Morgan fingerprint density at radius 1 is 1.13 bits per heavy atom. The van der Waals surface area contributed by atoms with Crippen molar-refractivity contribution in [2.45, 2.75) is 0 Å². The minimum Gasteiger partial charge on any atom is -0.504 e. The molecular formula is C23H18N2O5S. The van der Waals surface area contributed by atoms with Crippen molar-refractivity contribution in [3.05, 3.63) is 71.1 Å². The smallest absolute Gasteiger partial charge is 0.294 e. The van der Waals surface area contributed by atoms with Crippen molar-refractivity contribution in [3.63, 3.8) is 0 Å². The van der Waals surface area contributed by atoms with Gasteiger partial charge in [0.2, 0.25) is 5.91 Å². The summed E-state index contributed by atoms with van der Waals surface area (Å²) in [5.74, 6) is -0.805. The number of aromatic hydroxyl groups is 1. The largest absolute Gasteiger partial charge is 0.504 e. The molecule has 0 aliphatic carbocycles. The normalized spacial score (nSPS) is 15.0. The van der Waals surface area contributed by atoms with E-state index in [0.717, 1.165) is 27.4 Å². The maximum atomic E-state index is 12.7. The van der Waals surface area contributed by atoms with Gasteiger partial charge >= 0.3 is 0 Å². The fourth-order valence-corrected chi connectivity index (χ4v) is 4.09. The van der Waals surface area contributed by atoms with Crippen LogP contribution in [0.2, 0.25) is 0 Å². The van der Waals surface area contributed by atoms with Crippen LogP contribution in [-0.2, 0) is 9.59 Å². The van der Waals surface area contributed by atoms with Gasteiger partial charge in [0.25, 0.3) is 11.1 Å². The summed E-state index contributed by atoms with van der Waals surface area (Å²) in [5.41, 5.74) is 1.14. The number of phenols is 1. The van der Waals surface area contributed by atoms with Gasteiger partial charge in [-0.15, -0.1) is 0 Å². The lowest BCUT2D eigenvalue weighted by Gasteiger charge is -2.13. The van der Waals surface area contributed by atoms with Crippen molar-refractivity contribution in [2.24, 2.45) is 0 Å². The number of ether oxygens (including phenoxy) is 1. The molecular weight excluding hydrogens is 416 g/mol.